The van der Waals surface area contributed by atoms with Crippen LogP contribution in [0.5, 0.6) is 5.75 Å². The van der Waals surface area contributed by atoms with Crippen LogP contribution >= 0.6 is 0 Å². The summed E-state index contributed by atoms with van der Waals surface area (Å²) in [4.78, 5) is 34.6. The number of nitro benzene ring substituents is 1. The fourth-order valence-corrected chi connectivity index (χ4v) is 2.10. The molecular formula is C18H15N3O6. The van der Waals surface area contributed by atoms with E-state index in [2.05, 4.69) is 5.32 Å². The standard InChI is InChI=1S/C18H15N3O6/c1-11(27-18(23)13-5-3-12(10-19)4-6-13)17(22)20-15-9-14(21(24)25)7-8-16(15)26-2/h3-9,11H,1-2H3,(H,20,22)/t11-/m0/s1. The molecule has 0 spiro atoms. The number of non-ortho nitro benzene ring substituents is 1. The number of nitriles is 1. The number of amides is 1. The van der Waals surface area contributed by atoms with E-state index in [1.165, 1.54) is 50.4 Å². The molecule has 0 aliphatic rings. The number of nitro groups is 1. The van der Waals surface area contributed by atoms with Crippen LogP contribution in [0.1, 0.15) is 22.8 Å². The fraction of sp³-hybridized carbons (Fsp3) is 0.167. The Morgan fingerprint density at radius 1 is 1.22 bits per heavy atom. The predicted octanol–water partition coefficient (Wildman–Crippen LogP) is 2.66. The first-order valence-corrected chi connectivity index (χ1v) is 7.70. The topological polar surface area (TPSA) is 132 Å². The molecule has 0 aliphatic heterocycles. The zero-order valence-corrected chi connectivity index (χ0v) is 14.5. The maximum Gasteiger partial charge on any atom is 0.338 e. The summed E-state index contributed by atoms with van der Waals surface area (Å²) in [6, 6.07) is 11.4. The van der Waals surface area contributed by atoms with Gasteiger partial charge >= 0.3 is 5.97 Å². The molecule has 0 heterocycles. The second kappa shape index (κ2) is 8.44. The van der Waals surface area contributed by atoms with Gasteiger partial charge in [0.05, 0.1) is 34.9 Å². The Labute approximate surface area is 154 Å². The van der Waals surface area contributed by atoms with Crippen molar-refractivity contribution in [2.45, 2.75) is 13.0 Å². The molecule has 0 radical (unpaired) electrons. The van der Waals surface area contributed by atoms with Crippen LogP contribution in [0.15, 0.2) is 42.5 Å². The summed E-state index contributed by atoms with van der Waals surface area (Å²) in [5.74, 6) is -1.21. The molecule has 0 saturated carbocycles. The molecule has 138 valence electrons. The summed E-state index contributed by atoms with van der Waals surface area (Å²) in [5.41, 5.74) is 0.419. The van der Waals surface area contributed by atoms with Gasteiger partial charge in [-0.2, -0.15) is 5.26 Å². The molecule has 2 aromatic rings. The number of methoxy groups -OCH3 is 1. The fourth-order valence-electron chi connectivity index (χ4n) is 2.10. The lowest BCUT2D eigenvalue weighted by Crippen LogP contribution is -2.30. The van der Waals surface area contributed by atoms with E-state index in [1.807, 2.05) is 6.07 Å². The average molecular weight is 369 g/mol. The first kappa shape index (κ1) is 19.4. The third kappa shape index (κ3) is 4.79. The Bertz CT molecular complexity index is 918. The van der Waals surface area contributed by atoms with Crippen molar-refractivity contribution >= 4 is 23.3 Å². The van der Waals surface area contributed by atoms with E-state index in [0.717, 1.165) is 6.07 Å². The Balaban J connectivity index is 2.09. The zero-order valence-electron chi connectivity index (χ0n) is 14.5. The van der Waals surface area contributed by atoms with Crippen LogP contribution in [0, 0.1) is 21.4 Å². The third-order valence-electron chi connectivity index (χ3n) is 3.55. The SMILES string of the molecule is COc1ccc([N+](=O)[O-])cc1NC(=O)[C@H](C)OC(=O)c1ccc(C#N)cc1. The molecule has 0 saturated heterocycles. The highest BCUT2D eigenvalue weighted by molar-refractivity contribution is 5.98. The van der Waals surface area contributed by atoms with E-state index in [1.54, 1.807) is 0 Å². The summed E-state index contributed by atoms with van der Waals surface area (Å²) in [6.45, 7) is 1.36. The molecule has 1 N–H and O–H groups in total. The molecular weight excluding hydrogens is 354 g/mol. The third-order valence-corrected chi connectivity index (χ3v) is 3.55. The molecule has 9 nitrogen and oxygen atoms in total. The number of nitrogens with zero attached hydrogens (tertiary/aromatic N) is 2. The number of hydrogen-bond acceptors (Lipinski definition) is 7. The number of carbonyl (C=O) groups is 2. The highest BCUT2D eigenvalue weighted by Crippen LogP contribution is 2.29. The molecule has 9 heteroatoms. The smallest absolute Gasteiger partial charge is 0.338 e. The summed E-state index contributed by atoms with van der Waals surface area (Å²) < 4.78 is 10.1. The summed E-state index contributed by atoms with van der Waals surface area (Å²) in [7, 11) is 1.35. The van der Waals surface area contributed by atoms with Gasteiger partial charge in [0, 0.05) is 12.1 Å². The van der Waals surface area contributed by atoms with Crippen LogP contribution in [0.25, 0.3) is 0 Å². The molecule has 27 heavy (non-hydrogen) atoms. The molecule has 1 amide bonds. The lowest BCUT2D eigenvalue weighted by atomic mass is 10.1. The van der Waals surface area contributed by atoms with Gasteiger partial charge in [-0.1, -0.05) is 0 Å². The first-order chi connectivity index (χ1) is 12.8. The predicted molar refractivity (Wildman–Crippen MR) is 94.3 cm³/mol. The highest BCUT2D eigenvalue weighted by Gasteiger charge is 2.21. The molecule has 0 aromatic heterocycles. The van der Waals surface area contributed by atoms with Gasteiger partial charge in [-0.05, 0) is 37.3 Å². The molecule has 0 unspecified atom stereocenters. The number of anilines is 1. The monoisotopic (exact) mass is 369 g/mol. The van der Waals surface area contributed by atoms with E-state index in [0.29, 0.717) is 5.56 Å². The number of carbonyl (C=O) groups excluding carboxylic acids is 2. The Hall–Kier alpha value is -3.93. The Kier molecular flexibility index (Phi) is 6.06. The quantitative estimate of drug-likeness (QED) is 0.470. The van der Waals surface area contributed by atoms with Crippen molar-refractivity contribution in [3.05, 3.63) is 63.7 Å². The number of nitrogens with one attached hydrogen (secondary N) is 1. The van der Waals surface area contributed by atoms with Crippen molar-refractivity contribution in [1.82, 2.24) is 0 Å². The van der Waals surface area contributed by atoms with Crippen LogP contribution in [0.3, 0.4) is 0 Å². The van der Waals surface area contributed by atoms with Crippen molar-refractivity contribution in [2.75, 3.05) is 12.4 Å². The van der Waals surface area contributed by atoms with E-state index < -0.39 is 22.9 Å². The van der Waals surface area contributed by atoms with Gasteiger partial charge in [0.2, 0.25) is 0 Å². The summed E-state index contributed by atoms with van der Waals surface area (Å²) >= 11 is 0. The largest absolute Gasteiger partial charge is 0.495 e. The van der Waals surface area contributed by atoms with Crippen LogP contribution < -0.4 is 10.1 Å². The van der Waals surface area contributed by atoms with Crippen LogP contribution in [0.4, 0.5) is 11.4 Å². The number of esters is 1. The molecule has 0 bridgehead atoms. The van der Waals surface area contributed by atoms with Crippen molar-refractivity contribution < 1.29 is 24.0 Å². The van der Waals surface area contributed by atoms with Gasteiger partial charge in [-0.3, -0.25) is 14.9 Å². The number of ether oxygens (including phenoxy) is 2. The van der Waals surface area contributed by atoms with Gasteiger partial charge in [0.1, 0.15) is 5.75 Å². The second-order valence-electron chi connectivity index (χ2n) is 5.37. The normalized spacial score (nSPS) is 11.0. The number of benzene rings is 2. The van der Waals surface area contributed by atoms with Crippen LogP contribution in [-0.4, -0.2) is 30.0 Å². The van der Waals surface area contributed by atoms with Gasteiger partial charge in [-0.25, -0.2) is 4.79 Å². The van der Waals surface area contributed by atoms with E-state index in [9.17, 15) is 19.7 Å². The molecule has 0 fully saturated rings. The van der Waals surface area contributed by atoms with Gasteiger partial charge in [0.15, 0.2) is 6.10 Å². The zero-order chi connectivity index (χ0) is 20.0. The maximum absolute atomic E-state index is 12.3. The number of rotatable bonds is 6. The van der Waals surface area contributed by atoms with Crippen molar-refractivity contribution in [3.8, 4) is 11.8 Å². The van der Waals surface area contributed by atoms with Gasteiger partial charge in [0.25, 0.3) is 11.6 Å². The van der Waals surface area contributed by atoms with E-state index in [4.69, 9.17) is 14.7 Å². The average Bonchev–Trinajstić information content (AvgIpc) is 2.67. The summed E-state index contributed by atoms with van der Waals surface area (Å²) in [5, 5.41) is 22.1. The highest BCUT2D eigenvalue weighted by atomic mass is 16.6. The Morgan fingerprint density at radius 2 is 1.89 bits per heavy atom. The van der Waals surface area contributed by atoms with Crippen molar-refractivity contribution in [1.29, 1.82) is 5.26 Å². The molecule has 2 aromatic carbocycles. The molecule has 1 atom stereocenters. The minimum Gasteiger partial charge on any atom is -0.495 e. The van der Waals surface area contributed by atoms with Gasteiger partial charge < -0.3 is 14.8 Å². The minimum absolute atomic E-state index is 0.0815. The second-order valence-corrected chi connectivity index (χ2v) is 5.37. The Morgan fingerprint density at radius 3 is 2.44 bits per heavy atom. The van der Waals surface area contributed by atoms with Crippen LogP contribution in [-0.2, 0) is 9.53 Å². The van der Waals surface area contributed by atoms with Crippen molar-refractivity contribution in [2.24, 2.45) is 0 Å². The molecule has 2 rings (SSSR count). The van der Waals surface area contributed by atoms with Crippen molar-refractivity contribution in [3.63, 3.8) is 0 Å². The first-order valence-electron chi connectivity index (χ1n) is 7.70. The van der Waals surface area contributed by atoms with Crippen LogP contribution in [0.2, 0.25) is 0 Å². The summed E-state index contributed by atoms with van der Waals surface area (Å²) in [6.07, 6.45) is -1.17. The number of hydrogen-bond donors (Lipinski definition) is 1. The van der Waals surface area contributed by atoms with E-state index >= 15 is 0 Å². The van der Waals surface area contributed by atoms with E-state index in [-0.39, 0.29) is 22.7 Å². The minimum atomic E-state index is -1.17. The van der Waals surface area contributed by atoms with Gasteiger partial charge in [-0.15, -0.1) is 0 Å². The maximum atomic E-state index is 12.3. The lowest BCUT2D eigenvalue weighted by Gasteiger charge is -2.15. The lowest BCUT2D eigenvalue weighted by molar-refractivity contribution is -0.384. The molecule has 0 aliphatic carbocycles.